The van der Waals surface area contributed by atoms with Gasteiger partial charge in [0.15, 0.2) is 0 Å². The van der Waals surface area contributed by atoms with E-state index in [0.717, 1.165) is 23.7 Å². The molecule has 0 fully saturated rings. The first-order chi connectivity index (χ1) is 10.0. The molecule has 0 aliphatic rings. The first kappa shape index (κ1) is 18.3. The number of hydrogen-bond donors (Lipinski definition) is 1. The predicted octanol–water partition coefficient (Wildman–Crippen LogP) is 3.54. The van der Waals surface area contributed by atoms with Crippen LogP contribution >= 0.6 is 23.4 Å². The van der Waals surface area contributed by atoms with Crippen LogP contribution in [0, 0.1) is 0 Å². The van der Waals surface area contributed by atoms with Crippen molar-refractivity contribution in [1.82, 2.24) is 10.3 Å². The topological polar surface area (TPSA) is 51.2 Å². The van der Waals surface area contributed by atoms with Gasteiger partial charge in [-0.3, -0.25) is 4.79 Å². The molecule has 0 saturated heterocycles. The van der Waals surface area contributed by atoms with Crippen LogP contribution in [0.15, 0.2) is 23.4 Å². The van der Waals surface area contributed by atoms with Crippen LogP contribution in [0.4, 0.5) is 0 Å². The Labute approximate surface area is 136 Å². The summed E-state index contributed by atoms with van der Waals surface area (Å²) in [7, 11) is 0. The number of carbonyl (C=O) groups excluding carboxylic acids is 1. The molecule has 0 aromatic carbocycles. The fraction of sp³-hybridized carbons (Fsp3) is 0.600. The molecule has 1 aromatic rings. The zero-order valence-electron chi connectivity index (χ0n) is 12.8. The Bertz CT molecular complexity index is 459. The predicted molar refractivity (Wildman–Crippen MR) is 87.9 cm³/mol. The summed E-state index contributed by atoms with van der Waals surface area (Å²) in [6.07, 6.45) is 3.34. The van der Waals surface area contributed by atoms with Crippen molar-refractivity contribution in [2.24, 2.45) is 0 Å². The van der Waals surface area contributed by atoms with E-state index >= 15 is 0 Å². The van der Waals surface area contributed by atoms with Gasteiger partial charge in [-0.2, -0.15) is 0 Å². The number of nitrogens with zero attached hydrogens (tertiary/aromatic N) is 1. The quantitative estimate of drug-likeness (QED) is 0.554. The number of pyridine rings is 1. The number of esters is 1. The highest BCUT2D eigenvalue weighted by atomic mass is 35.5. The van der Waals surface area contributed by atoms with Gasteiger partial charge in [0.05, 0.1) is 11.6 Å². The van der Waals surface area contributed by atoms with Gasteiger partial charge in [-0.05, 0) is 45.4 Å². The molecule has 0 spiro atoms. The van der Waals surface area contributed by atoms with E-state index in [4.69, 9.17) is 16.3 Å². The van der Waals surface area contributed by atoms with Crippen molar-refractivity contribution in [3.63, 3.8) is 0 Å². The summed E-state index contributed by atoms with van der Waals surface area (Å²) in [6, 6.07) is 3.62. The number of halogens is 1. The molecular weight excluding hydrogens is 308 g/mol. The molecule has 1 heterocycles. The highest BCUT2D eigenvalue weighted by molar-refractivity contribution is 7.99. The third-order valence-electron chi connectivity index (χ3n) is 3.06. The van der Waals surface area contributed by atoms with Crippen LogP contribution in [-0.2, 0) is 9.53 Å². The van der Waals surface area contributed by atoms with Crippen molar-refractivity contribution in [1.29, 1.82) is 0 Å². The van der Waals surface area contributed by atoms with E-state index < -0.39 is 5.54 Å². The van der Waals surface area contributed by atoms with Crippen molar-refractivity contribution in [2.45, 2.75) is 44.2 Å². The van der Waals surface area contributed by atoms with Crippen LogP contribution in [-0.4, -0.2) is 35.4 Å². The van der Waals surface area contributed by atoms with Crippen LogP contribution in [0.5, 0.6) is 0 Å². The Hall–Kier alpha value is -0.780. The third kappa shape index (κ3) is 5.85. The van der Waals surface area contributed by atoms with Crippen LogP contribution in [0.3, 0.4) is 0 Å². The molecule has 0 saturated carbocycles. The number of thioether (sulfide) groups is 1. The number of ether oxygens (including phenoxy) is 1. The van der Waals surface area contributed by atoms with Crippen LogP contribution in [0.1, 0.15) is 33.6 Å². The standard InChI is InChI=1S/C15H23ClN2O2S/c1-4-9-18-15(3,14(19)20-5-2)8-11-21-13-12(16)7-6-10-17-13/h6-7,10,18H,4-5,8-9,11H2,1-3H3. The number of carbonyl (C=O) groups is 1. The lowest BCUT2D eigenvalue weighted by Gasteiger charge is -2.28. The second-order valence-corrected chi connectivity index (χ2v) is 6.36. The maximum atomic E-state index is 12.1. The van der Waals surface area contributed by atoms with Crippen molar-refractivity contribution in [3.05, 3.63) is 23.4 Å². The zero-order valence-corrected chi connectivity index (χ0v) is 14.4. The highest BCUT2D eigenvalue weighted by Crippen LogP contribution is 2.26. The number of hydrogen-bond acceptors (Lipinski definition) is 5. The summed E-state index contributed by atoms with van der Waals surface area (Å²) in [5, 5.41) is 4.72. The monoisotopic (exact) mass is 330 g/mol. The van der Waals surface area contributed by atoms with Gasteiger partial charge in [-0.1, -0.05) is 18.5 Å². The minimum atomic E-state index is -0.666. The number of nitrogens with one attached hydrogen (secondary N) is 1. The van der Waals surface area contributed by atoms with Gasteiger partial charge in [-0.25, -0.2) is 4.98 Å². The van der Waals surface area contributed by atoms with Crippen LogP contribution in [0.2, 0.25) is 5.02 Å². The molecule has 1 aromatic heterocycles. The van der Waals surface area contributed by atoms with E-state index in [9.17, 15) is 4.79 Å². The largest absolute Gasteiger partial charge is 0.465 e. The third-order valence-corrected chi connectivity index (χ3v) is 4.48. The average Bonchev–Trinajstić information content (AvgIpc) is 2.47. The molecule has 1 rings (SSSR count). The van der Waals surface area contributed by atoms with E-state index in [2.05, 4.69) is 17.2 Å². The minimum absolute atomic E-state index is 0.203. The van der Waals surface area contributed by atoms with Crippen molar-refractivity contribution in [3.8, 4) is 0 Å². The van der Waals surface area contributed by atoms with E-state index in [1.54, 1.807) is 24.0 Å². The Balaban J connectivity index is 2.60. The van der Waals surface area contributed by atoms with E-state index in [1.165, 1.54) is 0 Å². The minimum Gasteiger partial charge on any atom is -0.465 e. The van der Waals surface area contributed by atoms with Gasteiger partial charge in [0.2, 0.25) is 0 Å². The Morgan fingerprint density at radius 3 is 2.90 bits per heavy atom. The maximum absolute atomic E-state index is 12.1. The SMILES string of the molecule is CCCNC(C)(CCSc1ncccc1Cl)C(=O)OCC. The van der Waals surface area contributed by atoms with Crippen molar-refractivity contribution in [2.75, 3.05) is 18.9 Å². The smallest absolute Gasteiger partial charge is 0.326 e. The van der Waals surface area contributed by atoms with Crippen molar-refractivity contribution < 1.29 is 9.53 Å². The van der Waals surface area contributed by atoms with E-state index in [1.807, 2.05) is 19.9 Å². The van der Waals surface area contributed by atoms with Crippen molar-refractivity contribution >= 4 is 29.3 Å². The fourth-order valence-corrected chi connectivity index (χ4v) is 3.11. The molecule has 0 radical (unpaired) electrons. The Morgan fingerprint density at radius 1 is 1.52 bits per heavy atom. The number of aromatic nitrogens is 1. The van der Waals surface area contributed by atoms with Gasteiger partial charge >= 0.3 is 5.97 Å². The summed E-state index contributed by atoms with van der Waals surface area (Å²) >= 11 is 7.63. The summed E-state index contributed by atoms with van der Waals surface area (Å²) in [5.41, 5.74) is -0.666. The molecule has 6 heteroatoms. The second kappa shape index (κ2) is 9.28. The molecule has 1 atom stereocenters. The molecule has 4 nitrogen and oxygen atoms in total. The Morgan fingerprint density at radius 2 is 2.29 bits per heavy atom. The molecule has 0 aliphatic heterocycles. The van der Waals surface area contributed by atoms with Gasteiger partial charge in [0, 0.05) is 11.9 Å². The lowest BCUT2D eigenvalue weighted by atomic mass is 9.99. The number of rotatable bonds is 9. The summed E-state index contributed by atoms with van der Waals surface area (Å²) in [4.78, 5) is 16.4. The zero-order chi connectivity index (χ0) is 15.7. The first-order valence-electron chi connectivity index (χ1n) is 7.19. The molecular formula is C15H23ClN2O2S. The highest BCUT2D eigenvalue weighted by Gasteiger charge is 2.33. The van der Waals surface area contributed by atoms with Gasteiger partial charge < -0.3 is 10.1 Å². The maximum Gasteiger partial charge on any atom is 0.326 e. The van der Waals surface area contributed by atoms with Crippen LogP contribution in [0.25, 0.3) is 0 Å². The fourth-order valence-electron chi connectivity index (χ4n) is 1.78. The molecule has 1 unspecified atom stereocenters. The summed E-state index contributed by atoms with van der Waals surface area (Å²) in [6.45, 7) is 6.95. The van der Waals surface area contributed by atoms with Gasteiger partial charge in [-0.15, -0.1) is 11.8 Å². The molecule has 1 N–H and O–H groups in total. The molecule has 0 bridgehead atoms. The lowest BCUT2D eigenvalue weighted by molar-refractivity contribution is -0.150. The average molecular weight is 331 g/mol. The van der Waals surface area contributed by atoms with Gasteiger partial charge in [0.1, 0.15) is 10.6 Å². The molecule has 21 heavy (non-hydrogen) atoms. The van der Waals surface area contributed by atoms with E-state index in [-0.39, 0.29) is 5.97 Å². The Kier molecular flexibility index (Phi) is 8.07. The van der Waals surface area contributed by atoms with Gasteiger partial charge in [0.25, 0.3) is 0 Å². The second-order valence-electron chi connectivity index (χ2n) is 4.87. The van der Waals surface area contributed by atoms with E-state index in [0.29, 0.717) is 18.1 Å². The first-order valence-corrected chi connectivity index (χ1v) is 8.55. The summed E-state index contributed by atoms with van der Waals surface area (Å²) < 4.78 is 5.18. The molecule has 0 aliphatic carbocycles. The lowest BCUT2D eigenvalue weighted by Crippen LogP contribution is -2.51. The summed E-state index contributed by atoms with van der Waals surface area (Å²) in [5.74, 6) is 0.536. The van der Waals surface area contributed by atoms with Crippen LogP contribution < -0.4 is 5.32 Å². The molecule has 118 valence electrons. The normalized spacial score (nSPS) is 13.7. The molecule has 0 amide bonds.